The monoisotopic (exact) mass is 359 g/mol. The Morgan fingerprint density at radius 3 is 2.74 bits per heavy atom. The maximum Gasteiger partial charge on any atom is 0.137 e. The van der Waals surface area contributed by atoms with Crippen LogP contribution in [0.4, 0.5) is 0 Å². The minimum atomic E-state index is 0.118. The fraction of sp³-hybridized carbons (Fsp3) is 0.360. The van der Waals surface area contributed by atoms with Gasteiger partial charge in [0.2, 0.25) is 0 Å². The van der Waals surface area contributed by atoms with Gasteiger partial charge in [-0.3, -0.25) is 0 Å². The third-order valence-electron chi connectivity index (χ3n) is 5.73. The van der Waals surface area contributed by atoms with Crippen LogP contribution in [0, 0.1) is 6.92 Å². The van der Waals surface area contributed by atoms with Crippen molar-refractivity contribution in [3.63, 3.8) is 0 Å². The first-order valence-corrected chi connectivity index (χ1v) is 10.1. The normalized spacial score (nSPS) is 26.6. The number of hydrogen-bond donors (Lipinski definition) is 0. The molecule has 0 aromatic heterocycles. The van der Waals surface area contributed by atoms with Gasteiger partial charge in [-0.05, 0) is 68.9 Å². The maximum atomic E-state index is 6.44. The van der Waals surface area contributed by atoms with E-state index in [0.717, 1.165) is 38.0 Å². The summed E-state index contributed by atoms with van der Waals surface area (Å²) < 4.78 is 6.44. The van der Waals surface area contributed by atoms with Crippen LogP contribution < -0.4 is 0 Å². The molecule has 2 heteroatoms. The molecule has 0 radical (unpaired) electrons. The van der Waals surface area contributed by atoms with E-state index in [0.29, 0.717) is 6.04 Å². The second kappa shape index (κ2) is 8.04. The summed E-state index contributed by atoms with van der Waals surface area (Å²) in [7, 11) is 0. The Balaban J connectivity index is 1.65. The van der Waals surface area contributed by atoms with Gasteiger partial charge < -0.3 is 9.64 Å². The van der Waals surface area contributed by atoms with Gasteiger partial charge in [0.05, 0.1) is 12.6 Å². The minimum absolute atomic E-state index is 0.118. The van der Waals surface area contributed by atoms with Crippen LogP contribution in [0.1, 0.15) is 43.7 Å². The highest BCUT2D eigenvalue weighted by Crippen LogP contribution is 2.37. The lowest BCUT2D eigenvalue weighted by molar-refractivity contribution is 0.00751. The lowest BCUT2D eigenvalue weighted by Crippen LogP contribution is -2.50. The number of ether oxygens (including phenoxy) is 1. The minimum Gasteiger partial charge on any atom is -0.487 e. The van der Waals surface area contributed by atoms with E-state index < -0.39 is 0 Å². The fourth-order valence-electron chi connectivity index (χ4n) is 4.25. The summed E-state index contributed by atoms with van der Waals surface area (Å²) in [4.78, 5) is 2.59. The summed E-state index contributed by atoms with van der Waals surface area (Å²) in [6.45, 7) is 5.06. The van der Waals surface area contributed by atoms with Crippen LogP contribution >= 0.6 is 0 Å². The predicted octanol–water partition coefficient (Wildman–Crippen LogP) is 5.94. The van der Waals surface area contributed by atoms with E-state index in [1.165, 1.54) is 22.4 Å². The van der Waals surface area contributed by atoms with Crippen LogP contribution in [-0.4, -0.2) is 23.6 Å². The molecule has 0 N–H and O–H groups in total. The molecular formula is C25H29NO. The average Bonchev–Trinajstić information content (AvgIpc) is 2.72. The van der Waals surface area contributed by atoms with Crippen molar-refractivity contribution in [3.8, 4) is 0 Å². The van der Waals surface area contributed by atoms with Crippen molar-refractivity contribution in [1.82, 2.24) is 4.90 Å². The molecule has 2 nitrogen and oxygen atoms in total. The summed E-state index contributed by atoms with van der Waals surface area (Å²) in [6.07, 6.45) is 20.0. The highest BCUT2D eigenvalue weighted by atomic mass is 16.5. The molecule has 27 heavy (non-hydrogen) atoms. The highest BCUT2D eigenvalue weighted by Gasteiger charge is 2.37. The van der Waals surface area contributed by atoms with E-state index in [-0.39, 0.29) is 6.10 Å². The average molecular weight is 360 g/mol. The van der Waals surface area contributed by atoms with Gasteiger partial charge >= 0.3 is 0 Å². The Bertz CT molecular complexity index is 822. The van der Waals surface area contributed by atoms with Crippen molar-refractivity contribution in [2.75, 3.05) is 6.54 Å². The van der Waals surface area contributed by atoms with Gasteiger partial charge in [-0.15, -0.1) is 0 Å². The molecule has 1 heterocycles. The fourth-order valence-corrected chi connectivity index (χ4v) is 4.25. The number of hydrogen-bond acceptors (Lipinski definition) is 2. The van der Waals surface area contributed by atoms with Gasteiger partial charge in [0.1, 0.15) is 11.9 Å². The molecular weight excluding hydrogens is 330 g/mol. The zero-order chi connectivity index (χ0) is 18.6. The first kappa shape index (κ1) is 17.9. The molecule has 0 spiro atoms. The third-order valence-corrected chi connectivity index (χ3v) is 5.73. The number of aryl methyl sites for hydroxylation is 1. The van der Waals surface area contributed by atoms with E-state index in [1.807, 2.05) is 6.92 Å². The predicted molar refractivity (Wildman–Crippen MR) is 113 cm³/mol. The summed E-state index contributed by atoms with van der Waals surface area (Å²) >= 11 is 0. The molecule has 1 aliphatic heterocycles. The SMILES string of the molecule is C/C=C\C=C1/CN(C2=CC=CCC2)C2CCC(c3ccc(C)cc3)=CC2O1. The Hall–Kier alpha value is -2.48. The van der Waals surface area contributed by atoms with Gasteiger partial charge in [-0.25, -0.2) is 0 Å². The second-order valence-electron chi connectivity index (χ2n) is 7.66. The zero-order valence-electron chi connectivity index (χ0n) is 16.4. The summed E-state index contributed by atoms with van der Waals surface area (Å²) in [5.74, 6) is 1.06. The summed E-state index contributed by atoms with van der Waals surface area (Å²) in [5, 5.41) is 0. The van der Waals surface area contributed by atoms with Gasteiger partial charge in [0.25, 0.3) is 0 Å². The molecule has 0 saturated carbocycles. The Morgan fingerprint density at radius 1 is 1.15 bits per heavy atom. The lowest BCUT2D eigenvalue weighted by atomic mass is 9.86. The Morgan fingerprint density at radius 2 is 2.00 bits per heavy atom. The number of allylic oxidation sites excluding steroid dienone is 8. The molecule has 140 valence electrons. The largest absolute Gasteiger partial charge is 0.487 e. The number of benzene rings is 1. The van der Waals surface area contributed by atoms with Crippen LogP contribution in [-0.2, 0) is 4.74 Å². The summed E-state index contributed by atoms with van der Waals surface area (Å²) in [5.41, 5.74) is 5.51. The van der Waals surface area contributed by atoms with Gasteiger partial charge in [0.15, 0.2) is 0 Å². The molecule has 2 atom stereocenters. The molecule has 2 unspecified atom stereocenters. The number of fused-ring (bicyclic) bond motifs is 1. The smallest absolute Gasteiger partial charge is 0.137 e. The van der Waals surface area contributed by atoms with Crippen molar-refractivity contribution in [2.45, 2.75) is 51.7 Å². The van der Waals surface area contributed by atoms with Crippen molar-refractivity contribution in [1.29, 1.82) is 0 Å². The Labute approximate surface area is 163 Å². The van der Waals surface area contributed by atoms with E-state index >= 15 is 0 Å². The van der Waals surface area contributed by atoms with E-state index in [4.69, 9.17) is 4.74 Å². The lowest BCUT2D eigenvalue weighted by Gasteiger charge is -2.46. The highest BCUT2D eigenvalue weighted by molar-refractivity contribution is 5.67. The quantitative estimate of drug-likeness (QED) is 0.662. The molecule has 0 amide bonds. The first-order chi connectivity index (χ1) is 13.2. The van der Waals surface area contributed by atoms with Gasteiger partial charge in [0, 0.05) is 5.70 Å². The molecule has 1 aromatic rings. The van der Waals surface area contributed by atoms with E-state index in [1.54, 1.807) is 0 Å². The molecule has 2 aliphatic carbocycles. The van der Waals surface area contributed by atoms with Crippen LogP contribution in [0.2, 0.25) is 0 Å². The zero-order valence-corrected chi connectivity index (χ0v) is 16.4. The van der Waals surface area contributed by atoms with Crippen LogP contribution in [0.3, 0.4) is 0 Å². The Kier molecular flexibility index (Phi) is 5.33. The number of nitrogens with zero attached hydrogens (tertiary/aromatic N) is 1. The molecule has 0 bridgehead atoms. The van der Waals surface area contributed by atoms with Crippen molar-refractivity contribution >= 4 is 5.57 Å². The first-order valence-electron chi connectivity index (χ1n) is 10.1. The maximum absolute atomic E-state index is 6.44. The topological polar surface area (TPSA) is 12.5 Å². The van der Waals surface area contributed by atoms with Crippen molar-refractivity contribution in [2.24, 2.45) is 0 Å². The molecule has 1 fully saturated rings. The molecule has 3 aliphatic rings. The standard InChI is InChI=1S/C25H29NO/c1-3-4-10-23-18-26(22-8-6-5-7-9-22)24-16-15-21(17-25(24)27-23)20-13-11-19(2)12-14-20/h3-6,8,10-14,17,24-25H,7,9,15-16,18H2,1-2H3/b4-3-,23-10+. The molecule has 4 rings (SSSR count). The van der Waals surface area contributed by atoms with Crippen molar-refractivity contribution < 1.29 is 4.74 Å². The van der Waals surface area contributed by atoms with E-state index in [2.05, 4.69) is 78.6 Å². The van der Waals surface area contributed by atoms with Gasteiger partial charge in [-0.2, -0.15) is 0 Å². The number of rotatable bonds is 3. The third kappa shape index (κ3) is 3.95. The summed E-state index contributed by atoms with van der Waals surface area (Å²) in [6, 6.07) is 9.32. The van der Waals surface area contributed by atoms with Crippen LogP contribution in [0.25, 0.3) is 5.57 Å². The van der Waals surface area contributed by atoms with Crippen LogP contribution in [0.15, 0.2) is 78.3 Å². The van der Waals surface area contributed by atoms with Gasteiger partial charge in [-0.1, -0.05) is 54.1 Å². The van der Waals surface area contributed by atoms with Crippen LogP contribution in [0.5, 0.6) is 0 Å². The van der Waals surface area contributed by atoms with E-state index in [9.17, 15) is 0 Å². The second-order valence-corrected chi connectivity index (χ2v) is 7.66. The molecule has 1 aromatic carbocycles. The number of morpholine rings is 1. The van der Waals surface area contributed by atoms with Crippen molar-refractivity contribution in [3.05, 3.63) is 89.4 Å². The molecule has 1 saturated heterocycles.